The largest absolute Gasteiger partial charge is 0.491 e. The molecule has 1 aromatic carbocycles. The molecule has 0 unspecified atom stereocenters. The van der Waals surface area contributed by atoms with Crippen molar-refractivity contribution in [2.45, 2.75) is 27.2 Å². The molecular weight excluding hydrogens is 314 g/mol. The van der Waals surface area contributed by atoms with Gasteiger partial charge in [0.15, 0.2) is 0 Å². The van der Waals surface area contributed by atoms with Crippen molar-refractivity contribution in [3.05, 3.63) is 27.7 Å². The van der Waals surface area contributed by atoms with Crippen molar-refractivity contribution in [1.29, 1.82) is 0 Å². The van der Waals surface area contributed by atoms with E-state index >= 15 is 0 Å². The van der Waals surface area contributed by atoms with Crippen LogP contribution in [-0.4, -0.2) is 19.7 Å². The molecule has 0 bridgehead atoms. The van der Waals surface area contributed by atoms with Crippen molar-refractivity contribution in [3.8, 4) is 5.75 Å². The number of rotatable bonds is 6. The lowest BCUT2D eigenvalue weighted by Crippen LogP contribution is -2.25. The molecule has 0 atom stereocenters. The first-order chi connectivity index (χ1) is 8.38. The second-order valence-electron chi connectivity index (χ2n) is 5.48. The van der Waals surface area contributed by atoms with E-state index < -0.39 is 0 Å². The maximum atomic E-state index is 6.03. The summed E-state index contributed by atoms with van der Waals surface area (Å²) in [6.45, 7) is 9.20. The average Bonchev–Trinajstić information content (AvgIpc) is 2.26. The van der Waals surface area contributed by atoms with E-state index in [9.17, 15) is 0 Å². The summed E-state index contributed by atoms with van der Waals surface area (Å²) >= 11 is 9.43. The molecule has 1 N–H and O–H groups in total. The van der Waals surface area contributed by atoms with Crippen molar-refractivity contribution >= 4 is 27.5 Å². The van der Waals surface area contributed by atoms with Gasteiger partial charge in [-0.1, -0.05) is 48.3 Å². The minimum Gasteiger partial charge on any atom is -0.491 e. The Morgan fingerprint density at radius 1 is 1.28 bits per heavy atom. The van der Waals surface area contributed by atoms with Crippen molar-refractivity contribution in [2.24, 2.45) is 5.41 Å². The van der Waals surface area contributed by atoms with E-state index in [1.807, 2.05) is 18.2 Å². The first kappa shape index (κ1) is 15.8. The molecule has 0 aromatic heterocycles. The number of hydrogen-bond acceptors (Lipinski definition) is 2. The Labute approximate surface area is 123 Å². The summed E-state index contributed by atoms with van der Waals surface area (Å²) in [7, 11) is 0. The SMILES string of the molecule is CC(C)(C)CCNCCOc1cc(Br)ccc1Cl. The van der Waals surface area contributed by atoms with Crippen LogP contribution in [0, 0.1) is 5.41 Å². The van der Waals surface area contributed by atoms with Crippen LogP contribution in [0.5, 0.6) is 5.75 Å². The molecule has 0 aliphatic rings. The lowest BCUT2D eigenvalue weighted by Gasteiger charge is -2.18. The third-order valence-electron chi connectivity index (χ3n) is 2.48. The Morgan fingerprint density at radius 2 is 2.00 bits per heavy atom. The van der Waals surface area contributed by atoms with E-state index in [2.05, 4.69) is 42.0 Å². The number of nitrogens with one attached hydrogen (secondary N) is 1. The highest BCUT2D eigenvalue weighted by atomic mass is 79.9. The third kappa shape index (κ3) is 6.62. The highest BCUT2D eigenvalue weighted by Gasteiger charge is 2.08. The van der Waals surface area contributed by atoms with E-state index in [0.29, 0.717) is 17.0 Å². The fraction of sp³-hybridized carbons (Fsp3) is 0.571. The van der Waals surface area contributed by atoms with Gasteiger partial charge in [0, 0.05) is 11.0 Å². The Morgan fingerprint density at radius 3 is 2.67 bits per heavy atom. The first-order valence-corrected chi connectivity index (χ1v) is 7.34. The van der Waals surface area contributed by atoms with Crippen molar-refractivity contribution in [3.63, 3.8) is 0 Å². The number of hydrogen-bond donors (Lipinski definition) is 1. The van der Waals surface area contributed by atoms with Crippen LogP contribution in [0.1, 0.15) is 27.2 Å². The summed E-state index contributed by atoms with van der Waals surface area (Å²) in [5, 5.41) is 4.01. The van der Waals surface area contributed by atoms with Gasteiger partial charge in [-0.3, -0.25) is 0 Å². The smallest absolute Gasteiger partial charge is 0.139 e. The molecule has 0 radical (unpaired) electrons. The van der Waals surface area contributed by atoms with Crippen LogP contribution >= 0.6 is 27.5 Å². The molecule has 0 heterocycles. The molecule has 102 valence electrons. The zero-order valence-corrected chi connectivity index (χ0v) is 13.6. The van der Waals surface area contributed by atoms with E-state index in [4.69, 9.17) is 16.3 Å². The summed E-state index contributed by atoms with van der Waals surface area (Å²) in [5.41, 5.74) is 0.376. The molecule has 1 aromatic rings. The standard InChI is InChI=1S/C14H21BrClNO/c1-14(2,3)6-7-17-8-9-18-13-10-11(15)4-5-12(13)16/h4-5,10,17H,6-9H2,1-3H3. The molecule has 4 heteroatoms. The molecule has 2 nitrogen and oxygen atoms in total. The van der Waals surface area contributed by atoms with Crippen LogP contribution in [0.3, 0.4) is 0 Å². The van der Waals surface area contributed by atoms with Gasteiger partial charge in [0.25, 0.3) is 0 Å². The van der Waals surface area contributed by atoms with Gasteiger partial charge in [-0.25, -0.2) is 0 Å². The van der Waals surface area contributed by atoms with Gasteiger partial charge in [-0.2, -0.15) is 0 Å². The predicted octanol–water partition coefficient (Wildman–Crippen LogP) is 4.51. The van der Waals surface area contributed by atoms with E-state index in [1.54, 1.807) is 0 Å². The van der Waals surface area contributed by atoms with E-state index in [-0.39, 0.29) is 0 Å². The fourth-order valence-electron chi connectivity index (χ4n) is 1.41. The van der Waals surface area contributed by atoms with Gasteiger partial charge in [-0.15, -0.1) is 0 Å². The molecule has 0 amide bonds. The lowest BCUT2D eigenvalue weighted by atomic mass is 9.92. The molecule has 0 aliphatic heterocycles. The number of benzene rings is 1. The topological polar surface area (TPSA) is 21.3 Å². The predicted molar refractivity (Wildman–Crippen MR) is 81.6 cm³/mol. The summed E-state index contributed by atoms with van der Waals surface area (Å²) < 4.78 is 6.60. The molecular formula is C14H21BrClNO. The number of ether oxygens (including phenoxy) is 1. The zero-order valence-electron chi connectivity index (χ0n) is 11.2. The zero-order chi connectivity index (χ0) is 13.6. The Bertz CT molecular complexity index is 377. The molecule has 18 heavy (non-hydrogen) atoms. The molecule has 1 rings (SSSR count). The van der Waals surface area contributed by atoms with Crippen LogP contribution in [0.15, 0.2) is 22.7 Å². The molecule has 0 spiro atoms. The van der Waals surface area contributed by atoms with Crippen molar-refractivity contribution in [1.82, 2.24) is 5.32 Å². The first-order valence-electron chi connectivity index (χ1n) is 6.17. The van der Waals surface area contributed by atoms with Gasteiger partial charge < -0.3 is 10.1 Å². The quantitative estimate of drug-likeness (QED) is 0.773. The minimum absolute atomic E-state index is 0.376. The van der Waals surface area contributed by atoms with Gasteiger partial charge in [0.1, 0.15) is 12.4 Å². The third-order valence-corrected chi connectivity index (χ3v) is 3.29. The van der Waals surface area contributed by atoms with Crippen LogP contribution in [0.2, 0.25) is 5.02 Å². The Kier molecular flexibility index (Phi) is 6.47. The Hall–Kier alpha value is -0.250. The van der Waals surface area contributed by atoms with Gasteiger partial charge in [-0.05, 0) is 36.6 Å². The monoisotopic (exact) mass is 333 g/mol. The molecule has 0 aliphatic carbocycles. The molecule has 0 saturated carbocycles. The highest BCUT2D eigenvalue weighted by molar-refractivity contribution is 9.10. The second kappa shape index (κ2) is 7.37. The highest BCUT2D eigenvalue weighted by Crippen LogP contribution is 2.27. The molecule has 0 saturated heterocycles. The van der Waals surface area contributed by atoms with E-state index in [0.717, 1.165) is 29.7 Å². The Balaban J connectivity index is 2.20. The average molecular weight is 335 g/mol. The van der Waals surface area contributed by atoms with Crippen molar-refractivity contribution < 1.29 is 4.74 Å². The summed E-state index contributed by atoms with van der Waals surface area (Å²) in [4.78, 5) is 0. The maximum absolute atomic E-state index is 6.03. The maximum Gasteiger partial charge on any atom is 0.139 e. The summed E-state index contributed by atoms with van der Waals surface area (Å²) in [6, 6.07) is 5.61. The van der Waals surface area contributed by atoms with Gasteiger partial charge in [0.2, 0.25) is 0 Å². The van der Waals surface area contributed by atoms with Crippen molar-refractivity contribution in [2.75, 3.05) is 19.7 Å². The van der Waals surface area contributed by atoms with E-state index in [1.165, 1.54) is 0 Å². The fourth-order valence-corrected chi connectivity index (χ4v) is 1.92. The summed E-state index contributed by atoms with van der Waals surface area (Å²) in [5.74, 6) is 0.726. The van der Waals surface area contributed by atoms with Crippen LogP contribution in [-0.2, 0) is 0 Å². The van der Waals surface area contributed by atoms with Gasteiger partial charge in [0.05, 0.1) is 5.02 Å². The summed E-state index contributed by atoms with van der Waals surface area (Å²) in [6.07, 6.45) is 1.16. The van der Waals surface area contributed by atoms with Crippen LogP contribution < -0.4 is 10.1 Å². The minimum atomic E-state index is 0.376. The second-order valence-corrected chi connectivity index (χ2v) is 6.81. The molecule has 0 fully saturated rings. The lowest BCUT2D eigenvalue weighted by molar-refractivity contribution is 0.304. The van der Waals surface area contributed by atoms with Crippen LogP contribution in [0.25, 0.3) is 0 Å². The van der Waals surface area contributed by atoms with Crippen LogP contribution in [0.4, 0.5) is 0 Å². The number of halogens is 2. The normalized spacial score (nSPS) is 11.6. The van der Waals surface area contributed by atoms with Gasteiger partial charge >= 0.3 is 0 Å².